The first kappa shape index (κ1) is 17.2. The largest absolute Gasteiger partial charge is 0.360 e. The number of rotatable bonds is 8. The lowest BCUT2D eigenvalue weighted by Gasteiger charge is -2.17. The van der Waals surface area contributed by atoms with Crippen molar-refractivity contribution >= 4 is 33.1 Å². The van der Waals surface area contributed by atoms with Crippen LogP contribution >= 0.6 is 15.9 Å². The number of carbonyl (C=O) groups is 1. The van der Waals surface area contributed by atoms with Crippen molar-refractivity contribution in [2.45, 2.75) is 52.2 Å². The molecule has 0 bridgehead atoms. The van der Waals surface area contributed by atoms with Gasteiger partial charge in [-0.2, -0.15) is 5.10 Å². The highest BCUT2D eigenvalue weighted by molar-refractivity contribution is 9.10. The number of hydrogen-bond donors (Lipinski definition) is 0. The molecule has 2 rings (SSSR count). The number of aromatic nitrogens is 2. The van der Waals surface area contributed by atoms with Crippen LogP contribution < -0.4 is 0 Å². The summed E-state index contributed by atoms with van der Waals surface area (Å²) in [5.74, 6) is 0. The minimum absolute atomic E-state index is 0.0374. The van der Waals surface area contributed by atoms with E-state index in [2.05, 4.69) is 40.9 Å². The average Bonchev–Trinajstić information content (AvgIpc) is 2.92. The van der Waals surface area contributed by atoms with Gasteiger partial charge >= 0.3 is 0 Å². The molecule has 0 saturated carbocycles. The van der Waals surface area contributed by atoms with Crippen LogP contribution in [0, 0.1) is 6.92 Å². The number of fused-ring (bicyclic) bond motifs is 1. The van der Waals surface area contributed by atoms with Gasteiger partial charge in [0.1, 0.15) is 12.5 Å². The number of aryl methyl sites for hydroxylation is 1. The van der Waals surface area contributed by atoms with Crippen LogP contribution in [0.2, 0.25) is 0 Å². The Balaban J connectivity index is 2.45. The summed E-state index contributed by atoms with van der Waals surface area (Å²) in [5.41, 5.74) is 3.43. The van der Waals surface area contributed by atoms with Crippen LogP contribution in [0.25, 0.3) is 10.9 Å². The second kappa shape index (κ2) is 7.88. The maximum atomic E-state index is 10.6. The fraction of sp³-hybridized carbons (Fsp3) is 0.529. The van der Waals surface area contributed by atoms with E-state index < -0.39 is 0 Å². The van der Waals surface area contributed by atoms with E-state index >= 15 is 0 Å². The molecular weight excluding hydrogens is 344 g/mol. The first-order valence-corrected chi connectivity index (χ1v) is 8.54. The molecule has 0 saturated heterocycles. The number of hydrogen-bond acceptors (Lipinski definition) is 3. The molecule has 0 N–H and O–H groups in total. The van der Waals surface area contributed by atoms with Gasteiger partial charge < -0.3 is 9.53 Å². The van der Waals surface area contributed by atoms with Gasteiger partial charge in [0.05, 0.1) is 11.7 Å². The van der Waals surface area contributed by atoms with Gasteiger partial charge in [0.15, 0.2) is 0 Å². The Bertz CT molecular complexity index is 652. The van der Waals surface area contributed by atoms with Crippen LogP contribution in [-0.2, 0) is 16.0 Å². The molecule has 0 aliphatic heterocycles. The minimum atomic E-state index is -0.0374. The molecule has 1 atom stereocenters. The second-order valence-corrected chi connectivity index (χ2v) is 6.34. The summed E-state index contributed by atoms with van der Waals surface area (Å²) in [5, 5.41) is 5.61. The third-order valence-corrected chi connectivity index (χ3v) is 4.93. The summed E-state index contributed by atoms with van der Waals surface area (Å²) in [6.07, 6.45) is 7.29. The summed E-state index contributed by atoms with van der Waals surface area (Å²) in [4.78, 5) is 10.6. The van der Waals surface area contributed by atoms with Crippen molar-refractivity contribution in [1.82, 2.24) is 9.78 Å². The lowest BCUT2D eigenvalue weighted by atomic mass is 10.0. The molecule has 0 aliphatic rings. The summed E-state index contributed by atoms with van der Waals surface area (Å²) < 4.78 is 8.63. The van der Waals surface area contributed by atoms with E-state index in [1.165, 1.54) is 11.1 Å². The molecule has 1 unspecified atom stereocenters. The zero-order chi connectivity index (χ0) is 16.1. The molecule has 0 spiro atoms. The van der Waals surface area contributed by atoms with Crippen molar-refractivity contribution in [3.8, 4) is 0 Å². The zero-order valence-electron chi connectivity index (χ0n) is 13.4. The Hall–Kier alpha value is -1.20. The second-order valence-electron chi connectivity index (χ2n) is 5.55. The number of aldehydes is 1. The average molecular weight is 367 g/mol. The molecule has 1 aromatic heterocycles. The maximum absolute atomic E-state index is 10.6. The predicted molar refractivity (Wildman–Crippen MR) is 92.1 cm³/mol. The van der Waals surface area contributed by atoms with Gasteiger partial charge in [0.2, 0.25) is 0 Å². The number of benzene rings is 1. The number of halogens is 1. The molecule has 22 heavy (non-hydrogen) atoms. The van der Waals surface area contributed by atoms with E-state index in [9.17, 15) is 4.79 Å². The van der Waals surface area contributed by atoms with Crippen LogP contribution in [0.3, 0.4) is 0 Å². The standard InChI is InChI=1S/C17H23BrN2O2/c1-4-5-8-16(22-3)20-15-10-12(2)13(7-6-9-21)17(18)14(15)11-19-20/h9-11,16H,4-8H2,1-3H3. The molecule has 0 radical (unpaired) electrons. The first-order chi connectivity index (χ1) is 10.6. The van der Waals surface area contributed by atoms with Crippen molar-refractivity contribution < 1.29 is 9.53 Å². The quantitative estimate of drug-likeness (QED) is 0.642. The molecule has 5 heteroatoms. The molecule has 0 fully saturated rings. The van der Waals surface area contributed by atoms with Gasteiger partial charge in [-0.15, -0.1) is 0 Å². The van der Waals surface area contributed by atoms with Crippen LogP contribution in [0.15, 0.2) is 16.7 Å². The minimum Gasteiger partial charge on any atom is -0.360 e. The Morgan fingerprint density at radius 3 is 2.91 bits per heavy atom. The van der Waals surface area contributed by atoms with Crippen LogP contribution in [-0.4, -0.2) is 23.2 Å². The predicted octanol–water partition coefficient (Wildman–Crippen LogP) is 4.57. The molecule has 4 nitrogen and oxygen atoms in total. The molecule has 1 aromatic carbocycles. The van der Waals surface area contributed by atoms with Gasteiger partial charge in [0, 0.05) is 23.4 Å². The Labute approximate surface area is 140 Å². The fourth-order valence-corrected chi connectivity index (χ4v) is 3.59. The topological polar surface area (TPSA) is 44.1 Å². The normalized spacial score (nSPS) is 12.7. The van der Waals surface area contributed by atoms with E-state index in [-0.39, 0.29) is 6.23 Å². The molecule has 0 amide bonds. The van der Waals surface area contributed by atoms with Crippen molar-refractivity contribution in [3.05, 3.63) is 27.9 Å². The fourth-order valence-electron chi connectivity index (χ4n) is 2.77. The van der Waals surface area contributed by atoms with Crippen molar-refractivity contribution in [2.24, 2.45) is 0 Å². The number of carbonyl (C=O) groups excluding carboxylic acids is 1. The summed E-state index contributed by atoms with van der Waals surface area (Å²) >= 11 is 3.69. The maximum Gasteiger partial charge on any atom is 0.150 e. The number of methoxy groups -OCH3 is 1. The zero-order valence-corrected chi connectivity index (χ0v) is 15.0. The lowest BCUT2D eigenvalue weighted by molar-refractivity contribution is -0.107. The van der Waals surface area contributed by atoms with Crippen LogP contribution in [0.1, 0.15) is 50.0 Å². The molecule has 2 aromatic rings. The first-order valence-electron chi connectivity index (χ1n) is 7.75. The van der Waals surface area contributed by atoms with Crippen molar-refractivity contribution in [3.63, 3.8) is 0 Å². The summed E-state index contributed by atoms with van der Waals surface area (Å²) in [6.45, 7) is 4.25. The lowest BCUT2D eigenvalue weighted by Crippen LogP contribution is -2.12. The van der Waals surface area contributed by atoms with E-state index in [4.69, 9.17) is 4.74 Å². The van der Waals surface area contributed by atoms with Crippen LogP contribution in [0.5, 0.6) is 0 Å². The molecule has 1 heterocycles. The SMILES string of the molecule is CCCCC(OC)n1ncc2c(Br)c(CCC=O)c(C)cc21. The van der Waals surface area contributed by atoms with Crippen molar-refractivity contribution in [1.29, 1.82) is 0 Å². The summed E-state index contributed by atoms with van der Waals surface area (Å²) in [6, 6.07) is 2.14. The highest BCUT2D eigenvalue weighted by Crippen LogP contribution is 2.33. The van der Waals surface area contributed by atoms with E-state index in [1.54, 1.807) is 7.11 Å². The Kier molecular flexibility index (Phi) is 6.15. The van der Waals surface area contributed by atoms with E-state index in [0.717, 1.165) is 47.3 Å². The summed E-state index contributed by atoms with van der Waals surface area (Å²) in [7, 11) is 1.73. The molecule has 120 valence electrons. The Morgan fingerprint density at radius 2 is 2.27 bits per heavy atom. The van der Waals surface area contributed by atoms with Gasteiger partial charge in [-0.25, -0.2) is 4.68 Å². The molecule has 0 aliphatic carbocycles. The van der Waals surface area contributed by atoms with Crippen LogP contribution in [0.4, 0.5) is 0 Å². The van der Waals surface area contributed by atoms with Gasteiger partial charge in [-0.3, -0.25) is 0 Å². The van der Waals surface area contributed by atoms with Gasteiger partial charge in [0.25, 0.3) is 0 Å². The third kappa shape index (κ3) is 3.41. The third-order valence-electron chi connectivity index (χ3n) is 4.03. The highest BCUT2D eigenvalue weighted by atomic mass is 79.9. The number of ether oxygens (including phenoxy) is 1. The Morgan fingerprint density at radius 1 is 1.50 bits per heavy atom. The van der Waals surface area contributed by atoms with E-state index in [0.29, 0.717) is 6.42 Å². The van der Waals surface area contributed by atoms with Crippen molar-refractivity contribution in [2.75, 3.05) is 7.11 Å². The number of unbranched alkanes of at least 4 members (excludes halogenated alkanes) is 1. The van der Waals surface area contributed by atoms with Gasteiger partial charge in [-0.05, 0) is 59.3 Å². The monoisotopic (exact) mass is 366 g/mol. The molecular formula is C17H23BrN2O2. The highest BCUT2D eigenvalue weighted by Gasteiger charge is 2.17. The van der Waals surface area contributed by atoms with Gasteiger partial charge in [-0.1, -0.05) is 13.3 Å². The van der Waals surface area contributed by atoms with E-state index in [1.807, 2.05) is 10.9 Å². The smallest absolute Gasteiger partial charge is 0.150 e. The number of nitrogens with zero attached hydrogens (tertiary/aromatic N) is 2.